The van der Waals surface area contributed by atoms with Gasteiger partial charge in [0.15, 0.2) is 0 Å². The van der Waals surface area contributed by atoms with Crippen molar-refractivity contribution in [2.75, 3.05) is 39.8 Å². The third kappa shape index (κ3) is 3.63. The van der Waals surface area contributed by atoms with E-state index in [-0.39, 0.29) is 53.2 Å². The second kappa shape index (κ2) is 7.62. The zero-order valence-corrected chi connectivity index (χ0v) is 17.5. The van der Waals surface area contributed by atoms with Crippen molar-refractivity contribution in [3.05, 3.63) is 33.7 Å². The molecule has 3 heterocycles. The van der Waals surface area contributed by atoms with Crippen LogP contribution in [0.2, 0.25) is 10.0 Å². The number of halogens is 5. The van der Waals surface area contributed by atoms with Gasteiger partial charge in [-0.1, -0.05) is 23.2 Å². The van der Waals surface area contributed by atoms with Gasteiger partial charge in [-0.05, 0) is 19.2 Å². The maximum Gasteiger partial charge on any atom is 0.271 e. The normalized spacial score (nSPS) is 22.1. The summed E-state index contributed by atoms with van der Waals surface area (Å²) in [4.78, 5) is 32.8. The Hall–Kier alpha value is -1.97. The van der Waals surface area contributed by atoms with Gasteiger partial charge in [-0.25, -0.2) is 13.2 Å². The molecule has 2 fully saturated rings. The van der Waals surface area contributed by atoms with Crippen molar-refractivity contribution in [1.82, 2.24) is 19.7 Å². The molecule has 2 aromatic rings. The van der Waals surface area contributed by atoms with Crippen molar-refractivity contribution >= 4 is 45.9 Å². The van der Waals surface area contributed by atoms with Crippen LogP contribution in [0.15, 0.2) is 12.1 Å². The lowest BCUT2D eigenvalue weighted by Crippen LogP contribution is -2.54. The van der Waals surface area contributed by atoms with E-state index < -0.39 is 36.7 Å². The van der Waals surface area contributed by atoms with E-state index >= 15 is 0 Å². The minimum Gasteiger partial charge on any atom is -0.349 e. The van der Waals surface area contributed by atoms with Gasteiger partial charge in [-0.2, -0.15) is 0 Å². The highest BCUT2D eigenvalue weighted by molar-refractivity contribution is 6.44. The molecular formula is C19H19Cl2F3N4O2. The largest absolute Gasteiger partial charge is 0.349 e. The van der Waals surface area contributed by atoms with Crippen molar-refractivity contribution in [3.63, 3.8) is 0 Å². The quantitative estimate of drug-likeness (QED) is 0.745. The Morgan fingerprint density at radius 1 is 1.10 bits per heavy atom. The summed E-state index contributed by atoms with van der Waals surface area (Å²) in [7, 11) is 1.51. The number of carbonyl (C=O) groups is 2. The highest BCUT2D eigenvalue weighted by atomic mass is 35.5. The number of likely N-dealkylation sites (tertiary alicyclic amines) is 1. The number of nitrogens with zero attached hydrogens (tertiary/aromatic N) is 3. The van der Waals surface area contributed by atoms with Crippen LogP contribution in [0.1, 0.15) is 16.9 Å². The smallest absolute Gasteiger partial charge is 0.271 e. The predicted molar refractivity (Wildman–Crippen MR) is 107 cm³/mol. The molecule has 1 aromatic carbocycles. The molecule has 11 heteroatoms. The number of hydrogen-bond donors (Lipinski definition) is 1. The third-order valence-electron chi connectivity index (χ3n) is 5.68. The molecule has 2 aliphatic heterocycles. The minimum absolute atomic E-state index is 0.0350. The van der Waals surface area contributed by atoms with Gasteiger partial charge < -0.3 is 14.8 Å². The number of fused-ring (bicyclic) bond motifs is 1. The summed E-state index contributed by atoms with van der Waals surface area (Å²) in [5.41, 5.74) is 0.530. The average Bonchev–Trinajstić information content (AvgIpc) is 3.19. The molecule has 0 saturated carbocycles. The van der Waals surface area contributed by atoms with Crippen LogP contribution in [0.4, 0.5) is 13.2 Å². The predicted octanol–water partition coefficient (Wildman–Crippen LogP) is 3.24. The Kier molecular flexibility index (Phi) is 5.40. The van der Waals surface area contributed by atoms with Crippen molar-refractivity contribution in [1.29, 1.82) is 0 Å². The number of nitrogens with one attached hydrogen (secondary N) is 1. The summed E-state index contributed by atoms with van der Waals surface area (Å²) in [6.45, 7) is 0.474. The van der Waals surface area contributed by atoms with Gasteiger partial charge in [0, 0.05) is 43.5 Å². The lowest BCUT2D eigenvalue weighted by atomic mass is 10.1. The summed E-state index contributed by atoms with van der Waals surface area (Å²) >= 11 is 12.3. The number of hydrogen-bond acceptors (Lipinski definition) is 3. The first-order valence-corrected chi connectivity index (χ1v) is 10.2. The monoisotopic (exact) mass is 462 g/mol. The van der Waals surface area contributed by atoms with Crippen molar-refractivity contribution in [2.24, 2.45) is 0 Å². The molecule has 1 N–H and O–H groups in total. The second-order valence-electron chi connectivity index (χ2n) is 7.71. The van der Waals surface area contributed by atoms with Gasteiger partial charge in [0.2, 0.25) is 5.91 Å². The molecule has 1 atom stereocenters. The van der Waals surface area contributed by atoms with Crippen LogP contribution in [0, 0.1) is 5.82 Å². The molecule has 0 spiro atoms. The van der Waals surface area contributed by atoms with Gasteiger partial charge in [-0.3, -0.25) is 14.5 Å². The molecule has 30 heavy (non-hydrogen) atoms. The zero-order valence-electron chi connectivity index (χ0n) is 16.0. The minimum atomic E-state index is -2.88. The first kappa shape index (κ1) is 21.3. The van der Waals surface area contributed by atoms with Crippen molar-refractivity contribution in [2.45, 2.75) is 18.4 Å². The molecule has 2 saturated heterocycles. The summed E-state index contributed by atoms with van der Waals surface area (Å²) in [6.07, 6.45) is -0.497. The fourth-order valence-electron chi connectivity index (χ4n) is 4.08. The number of piperazine rings is 1. The van der Waals surface area contributed by atoms with Crippen molar-refractivity contribution in [3.8, 4) is 0 Å². The molecule has 0 bridgehead atoms. The second-order valence-corrected chi connectivity index (χ2v) is 8.46. The van der Waals surface area contributed by atoms with E-state index in [0.29, 0.717) is 5.52 Å². The van der Waals surface area contributed by atoms with Crippen LogP contribution in [0.3, 0.4) is 0 Å². The lowest BCUT2D eigenvalue weighted by molar-refractivity contribution is -0.137. The van der Waals surface area contributed by atoms with Gasteiger partial charge in [0.1, 0.15) is 11.5 Å². The Labute approximate surface area is 180 Å². The molecule has 0 unspecified atom stereocenters. The van der Waals surface area contributed by atoms with E-state index in [1.807, 2.05) is 0 Å². The Morgan fingerprint density at radius 3 is 2.33 bits per heavy atom. The maximum atomic E-state index is 13.7. The number of rotatable bonds is 2. The van der Waals surface area contributed by atoms with Crippen molar-refractivity contribution < 1.29 is 22.8 Å². The van der Waals surface area contributed by atoms with Gasteiger partial charge in [0.05, 0.1) is 22.6 Å². The van der Waals surface area contributed by atoms with E-state index in [0.717, 1.165) is 0 Å². The fourth-order valence-corrected chi connectivity index (χ4v) is 4.72. The number of aromatic nitrogens is 1. The van der Waals surface area contributed by atoms with Gasteiger partial charge in [-0.15, -0.1) is 0 Å². The first-order valence-electron chi connectivity index (χ1n) is 9.40. The lowest BCUT2D eigenvalue weighted by Gasteiger charge is -2.36. The number of alkyl halides is 2. The Morgan fingerprint density at radius 2 is 1.73 bits per heavy atom. The van der Waals surface area contributed by atoms with Crippen LogP contribution in [0.25, 0.3) is 10.9 Å². The maximum absolute atomic E-state index is 13.7. The molecule has 4 rings (SSSR count). The summed E-state index contributed by atoms with van der Waals surface area (Å²) in [5.74, 6) is -4.27. The molecule has 0 aliphatic carbocycles. The topological polar surface area (TPSA) is 59.7 Å². The summed E-state index contributed by atoms with van der Waals surface area (Å²) < 4.78 is 40.9. The van der Waals surface area contributed by atoms with E-state index in [1.165, 1.54) is 33.9 Å². The van der Waals surface area contributed by atoms with Crippen LogP contribution in [-0.4, -0.2) is 83.2 Å². The van der Waals surface area contributed by atoms with E-state index in [9.17, 15) is 22.8 Å². The molecule has 6 nitrogen and oxygen atoms in total. The standard InChI is InChI=1S/C19H19Cl2F3N4O2/c1-26-9-19(23,24)8-12(26)17(29)27-4-6-28(7-5-27)18(30)16-15(21)13-11(25-16)3-2-10(22)14(13)20/h2-3,12,25H,4-9H2,1H3/t12-/m1/s1. The molecule has 2 aliphatic rings. The Balaban J connectivity index is 1.45. The molecule has 162 valence electrons. The van der Waals surface area contributed by atoms with Crippen LogP contribution >= 0.6 is 23.2 Å². The van der Waals surface area contributed by atoms with Crippen LogP contribution in [0.5, 0.6) is 0 Å². The number of aromatic amines is 1. The van der Waals surface area contributed by atoms with Crippen LogP contribution in [-0.2, 0) is 4.79 Å². The highest BCUT2D eigenvalue weighted by Crippen LogP contribution is 2.35. The SMILES string of the molecule is CN1CC(F)(F)C[C@@H]1C(=O)N1CCN(C(=O)c2[nH]c3ccc(F)c(Cl)c3c2Cl)CC1. The van der Waals surface area contributed by atoms with Gasteiger partial charge in [0.25, 0.3) is 11.8 Å². The molecular weight excluding hydrogens is 444 g/mol. The highest BCUT2D eigenvalue weighted by Gasteiger charge is 2.47. The molecule has 1 aromatic heterocycles. The van der Waals surface area contributed by atoms with E-state index in [2.05, 4.69) is 4.98 Å². The van der Waals surface area contributed by atoms with E-state index in [1.54, 1.807) is 0 Å². The fraction of sp³-hybridized carbons (Fsp3) is 0.474. The number of benzene rings is 1. The van der Waals surface area contributed by atoms with Crippen LogP contribution < -0.4 is 0 Å². The summed E-state index contributed by atoms with van der Waals surface area (Å²) in [5, 5.41) is 0.106. The van der Waals surface area contributed by atoms with E-state index in [4.69, 9.17) is 23.2 Å². The number of likely N-dealkylation sites (N-methyl/N-ethyl adjacent to an activating group) is 1. The molecule has 0 radical (unpaired) electrons. The summed E-state index contributed by atoms with van der Waals surface area (Å²) in [6, 6.07) is 1.77. The Bertz CT molecular complexity index is 1020. The molecule has 2 amide bonds. The average molecular weight is 463 g/mol. The third-order valence-corrected chi connectivity index (χ3v) is 6.42. The zero-order chi connectivity index (χ0) is 21.8. The first-order chi connectivity index (χ1) is 14.1. The van der Waals surface area contributed by atoms with Gasteiger partial charge >= 0.3 is 0 Å². The number of amides is 2. The number of carbonyl (C=O) groups excluding carboxylic acids is 2. The number of H-pyrrole nitrogens is 1.